The van der Waals surface area contributed by atoms with Crippen molar-refractivity contribution in [1.29, 1.82) is 0 Å². The van der Waals surface area contributed by atoms with Gasteiger partial charge in [-0.3, -0.25) is 4.79 Å². The van der Waals surface area contributed by atoms with Gasteiger partial charge in [0.2, 0.25) is 5.91 Å². The van der Waals surface area contributed by atoms with E-state index in [1.165, 1.54) is 0 Å². The van der Waals surface area contributed by atoms with Gasteiger partial charge in [0.05, 0.1) is 0 Å². The molecule has 0 aliphatic heterocycles. The van der Waals surface area contributed by atoms with Gasteiger partial charge in [0, 0.05) is 5.92 Å². The minimum atomic E-state index is -0.108. The van der Waals surface area contributed by atoms with Crippen LogP contribution in [0.2, 0.25) is 0 Å². The molecule has 0 spiro atoms. The maximum Gasteiger partial charge on any atom is 0.221 e. The summed E-state index contributed by atoms with van der Waals surface area (Å²) in [6.07, 6.45) is 3.21. The van der Waals surface area contributed by atoms with E-state index in [4.69, 9.17) is 5.73 Å². The monoisotopic (exact) mass is 141 g/mol. The highest BCUT2D eigenvalue weighted by atomic mass is 16.1. The topological polar surface area (TPSA) is 43.1 Å². The molecule has 0 bridgehead atoms. The first kappa shape index (κ1) is 7.58. The lowest BCUT2D eigenvalue weighted by Crippen LogP contribution is -2.17. The molecule has 1 amide bonds. The largest absolute Gasteiger partial charge is 0.369 e. The summed E-state index contributed by atoms with van der Waals surface area (Å²) in [6.45, 7) is 4.26. The van der Waals surface area contributed by atoms with Crippen molar-refractivity contribution in [2.75, 3.05) is 0 Å². The van der Waals surface area contributed by atoms with Crippen molar-refractivity contribution in [2.24, 2.45) is 17.1 Å². The molecule has 2 N–H and O–H groups in total. The summed E-state index contributed by atoms with van der Waals surface area (Å²) < 4.78 is 0. The summed E-state index contributed by atoms with van der Waals surface area (Å²) >= 11 is 0. The van der Waals surface area contributed by atoms with Crippen LogP contribution in [0.3, 0.4) is 0 Å². The zero-order valence-corrected chi connectivity index (χ0v) is 6.68. The summed E-state index contributed by atoms with van der Waals surface area (Å²) in [4.78, 5) is 10.7. The third-order valence-electron chi connectivity index (χ3n) is 2.94. The van der Waals surface area contributed by atoms with E-state index in [0.29, 0.717) is 5.41 Å². The fourth-order valence-electron chi connectivity index (χ4n) is 1.78. The molecule has 58 valence electrons. The minimum absolute atomic E-state index is 0.108. The number of hydrogen-bond donors (Lipinski definition) is 1. The molecule has 0 aromatic heterocycles. The lowest BCUT2D eigenvalue weighted by Gasteiger charge is -2.08. The Labute approximate surface area is 61.8 Å². The van der Waals surface area contributed by atoms with Gasteiger partial charge in [-0.2, -0.15) is 0 Å². The Morgan fingerprint density at radius 2 is 2.10 bits per heavy atom. The number of rotatable bonds is 3. The fraction of sp³-hybridized carbons (Fsp3) is 0.875. The predicted octanol–water partition coefficient (Wildman–Crippen LogP) is 1.30. The second-order valence-corrected chi connectivity index (χ2v) is 3.23. The molecule has 1 saturated carbocycles. The molecule has 1 aliphatic rings. The quantitative estimate of drug-likeness (QED) is 0.632. The van der Waals surface area contributed by atoms with Gasteiger partial charge in [-0.15, -0.1) is 0 Å². The maximum atomic E-state index is 10.7. The van der Waals surface area contributed by atoms with Crippen LogP contribution in [-0.2, 0) is 4.79 Å². The van der Waals surface area contributed by atoms with Crippen LogP contribution < -0.4 is 5.73 Å². The average molecular weight is 141 g/mol. The zero-order valence-electron chi connectivity index (χ0n) is 6.68. The van der Waals surface area contributed by atoms with Crippen molar-refractivity contribution in [2.45, 2.75) is 33.1 Å². The van der Waals surface area contributed by atoms with Crippen LogP contribution >= 0.6 is 0 Å². The summed E-state index contributed by atoms with van der Waals surface area (Å²) in [6, 6.07) is 0. The Morgan fingerprint density at radius 3 is 2.20 bits per heavy atom. The Kier molecular flexibility index (Phi) is 1.71. The average Bonchev–Trinajstić information content (AvgIpc) is 2.63. The predicted molar refractivity (Wildman–Crippen MR) is 40.3 cm³/mol. The van der Waals surface area contributed by atoms with E-state index in [9.17, 15) is 4.79 Å². The number of carbonyl (C=O) groups is 1. The first-order valence-electron chi connectivity index (χ1n) is 3.95. The third kappa shape index (κ3) is 0.917. The number of primary amides is 1. The van der Waals surface area contributed by atoms with Crippen molar-refractivity contribution >= 4 is 5.91 Å². The van der Waals surface area contributed by atoms with Crippen LogP contribution in [0.1, 0.15) is 33.1 Å². The number of nitrogens with two attached hydrogens (primary N) is 1. The molecule has 1 aliphatic carbocycles. The maximum absolute atomic E-state index is 10.7. The SMILES string of the molecule is CCC1(CC)C[C@H]1C(N)=O. The molecule has 2 nitrogen and oxygen atoms in total. The molecule has 2 heteroatoms. The standard InChI is InChI=1S/C8H15NO/c1-3-8(4-2)5-6(8)7(9)10/h6H,3-5H2,1-2H3,(H2,9,10)/t6-/m0/s1. The van der Waals surface area contributed by atoms with Crippen LogP contribution in [-0.4, -0.2) is 5.91 Å². The van der Waals surface area contributed by atoms with Crippen LogP contribution in [0, 0.1) is 11.3 Å². The van der Waals surface area contributed by atoms with E-state index >= 15 is 0 Å². The van der Waals surface area contributed by atoms with Crippen LogP contribution in [0.5, 0.6) is 0 Å². The van der Waals surface area contributed by atoms with Crippen LogP contribution in [0.25, 0.3) is 0 Å². The molecule has 0 aromatic carbocycles. The summed E-state index contributed by atoms with van der Waals surface area (Å²) in [5.41, 5.74) is 5.48. The second-order valence-electron chi connectivity index (χ2n) is 3.23. The Bertz CT molecular complexity index is 149. The van der Waals surface area contributed by atoms with E-state index < -0.39 is 0 Å². The molecule has 0 unspecified atom stereocenters. The second kappa shape index (κ2) is 2.26. The fourth-order valence-corrected chi connectivity index (χ4v) is 1.78. The molecule has 1 rings (SSSR count). The van der Waals surface area contributed by atoms with Crippen molar-refractivity contribution in [3.8, 4) is 0 Å². The normalized spacial score (nSPS) is 28.0. The van der Waals surface area contributed by atoms with Crippen LogP contribution in [0.15, 0.2) is 0 Å². The lowest BCUT2D eigenvalue weighted by molar-refractivity contribution is -0.120. The lowest BCUT2D eigenvalue weighted by atomic mass is 9.97. The van der Waals surface area contributed by atoms with Gasteiger partial charge >= 0.3 is 0 Å². The molecule has 10 heavy (non-hydrogen) atoms. The molecule has 0 aromatic rings. The molecule has 0 saturated heterocycles. The number of amides is 1. The highest BCUT2D eigenvalue weighted by molar-refractivity contribution is 5.80. The first-order valence-corrected chi connectivity index (χ1v) is 3.95. The van der Waals surface area contributed by atoms with E-state index in [1.807, 2.05) is 0 Å². The number of hydrogen-bond acceptors (Lipinski definition) is 1. The van der Waals surface area contributed by atoms with Gasteiger partial charge in [-0.05, 0) is 24.7 Å². The van der Waals surface area contributed by atoms with E-state index in [1.54, 1.807) is 0 Å². The molecular formula is C8H15NO. The number of carbonyl (C=O) groups excluding carboxylic acids is 1. The Morgan fingerprint density at radius 1 is 1.60 bits per heavy atom. The minimum Gasteiger partial charge on any atom is -0.369 e. The summed E-state index contributed by atoms with van der Waals surface area (Å²) in [7, 11) is 0. The van der Waals surface area contributed by atoms with Gasteiger partial charge in [-0.1, -0.05) is 13.8 Å². The van der Waals surface area contributed by atoms with E-state index in [0.717, 1.165) is 19.3 Å². The van der Waals surface area contributed by atoms with Gasteiger partial charge in [-0.25, -0.2) is 0 Å². The van der Waals surface area contributed by atoms with Crippen LogP contribution in [0.4, 0.5) is 0 Å². The highest BCUT2D eigenvalue weighted by Crippen LogP contribution is 2.57. The molecule has 1 fully saturated rings. The van der Waals surface area contributed by atoms with Crippen molar-refractivity contribution in [3.63, 3.8) is 0 Å². The molecular weight excluding hydrogens is 126 g/mol. The smallest absolute Gasteiger partial charge is 0.221 e. The summed E-state index contributed by atoms with van der Waals surface area (Å²) in [5.74, 6) is 0.0752. The molecule has 0 heterocycles. The van der Waals surface area contributed by atoms with E-state index in [2.05, 4.69) is 13.8 Å². The van der Waals surface area contributed by atoms with Gasteiger partial charge in [0.25, 0.3) is 0 Å². The molecule has 0 radical (unpaired) electrons. The van der Waals surface area contributed by atoms with Gasteiger partial charge in [0.15, 0.2) is 0 Å². The van der Waals surface area contributed by atoms with Gasteiger partial charge in [0.1, 0.15) is 0 Å². The zero-order chi connectivity index (χ0) is 7.78. The highest BCUT2D eigenvalue weighted by Gasteiger charge is 2.54. The van der Waals surface area contributed by atoms with E-state index in [-0.39, 0.29) is 11.8 Å². The van der Waals surface area contributed by atoms with Crippen molar-refractivity contribution < 1.29 is 4.79 Å². The third-order valence-corrected chi connectivity index (χ3v) is 2.94. The van der Waals surface area contributed by atoms with Crippen molar-refractivity contribution in [1.82, 2.24) is 0 Å². The van der Waals surface area contributed by atoms with Gasteiger partial charge < -0.3 is 5.73 Å². The summed E-state index contributed by atoms with van der Waals surface area (Å²) in [5, 5.41) is 0. The Hall–Kier alpha value is -0.530. The molecule has 1 atom stereocenters. The first-order chi connectivity index (χ1) is 4.66. The van der Waals surface area contributed by atoms with Crippen molar-refractivity contribution in [3.05, 3.63) is 0 Å². The Balaban J connectivity index is 2.53.